The molecule has 1 aromatic rings. The second-order valence-corrected chi connectivity index (χ2v) is 5.63. The van der Waals surface area contributed by atoms with Gasteiger partial charge in [-0.15, -0.1) is 0 Å². The summed E-state index contributed by atoms with van der Waals surface area (Å²) >= 11 is 0. The van der Waals surface area contributed by atoms with E-state index in [-0.39, 0.29) is 6.42 Å². The Morgan fingerprint density at radius 1 is 1.16 bits per heavy atom. The zero-order valence-corrected chi connectivity index (χ0v) is 11.3. The third kappa shape index (κ3) is 3.90. The summed E-state index contributed by atoms with van der Waals surface area (Å²) in [5.74, 6) is 0. The smallest absolute Gasteiger partial charge is 0.101 e. The van der Waals surface area contributed by atoms with Gasteiger partial charge < -0.3 is 15.3 Å². The van der Waals surface area contributed by atoms with Gasteiger partial charge in [0, 0.05) is 6.42 Å². The average molecular weight is 262 g/mol. The molecule has 0 saturated heterocycles. The predicted octanol–water partition coefficient (Wildman–Crippen LogP) is 1.81. The average Bonchev–Trinajstić information content (AvgIpc) is 2.36. The van der Waals surface area contributed by atoms with E-state index in [9.17, 15) is 15.3 Å². The van der Waals surface area contributed by atoms with Crippen molar-refractivity contribution in [2.24, 2.45) is 0 Å². The van der Waals surface area contributed by atoms with Gasteiger partial charge in [0.05, 0.1) is 11.7 Å². The number of aryl methyl sites for hydroxylation is 1. The van der Waals surface area contributed by atoms with E-state index < -0.39 is 17.8 Å². The molecule has 3 heteroatoms. The maximum Gasteiger partial charge on any atom is 0.101 e. The number of hydrogen-bond acceptors (Lipinski definition) is 3. The van der Waals surface area contributed by atoms with Gasteiger partial charge in [-0.05, 0) is 37.3 Å². The second kappa shape index (κ2) is 5.87. The Hall–Kier alpha value is -1.16. The molecule has 0 saturated carbocycles. The van der Waals surface area contributed by atoms with Gasteiger partial charge in [0.2, 0.25) is 0 Å². The monoisotopic (exact) mass is 262 g/mol. The number of rotatable bonds is 4. The lowest BCUT2D eigenvalue weighted by atomic mass is 9.82. The number of hydrogen-bond donors (Lipinski definition) is 3. The Morgan fingerprint density at radius 3 is 2.53 bits per heavy atom. The normalized spacial score (nSPS) is 31.1. The highest BCUT2D eigenvalue weighted by atomic mass is 16.3. The van der Waals surface area contributed by atoms with Crippen LogP contribution in [0, 0.1) is 0 Å². The minimum Gasteiger partial charge on any atom is -0.390 e. The van der Waals surface area contributed by atoms with Crippen LogP contribution in [0.2, 0.25) is 0 Å². The predicted molar refractivity (Wildman–Crippen MR) is 74.7 cm³/mol. The van der Waals surface area contributed by atoms with E-state index in [2.05, 4.69) is 12.1 Å². The molecule has 0 fully saturated rings. The van der Waals surface area contributed by atoms with Gasteiger partial charge in [0.1, 0.15) is 6.10 Å². The molecule has 3 atom stereocenters. The van der Waals surface area contributed by atoms with Crippen LogP contribution in [0.25, 0.3) is 0 Å². The molecular formula is C16H22O3. The van der Waals surface area contributed by atoms with Gasteiger partial charge >= 0.3 is 0 Å². The molecule has 0 radical (unpaired) electrons. The highest BCUT2D eigenvalue weighted by Crippen LogP contribution is 2.29. The number of benzene rings is 1. The molecule has 104 valence electrons. The van der Waals surface area contributed by atoms with Gasteiger partial charge in [-0.3, -0.25) is 0 Å². The first-order chi connectivity index (χ1) is 8.98. The van der Waals surface area contributed by atoms with Crippen LogP contribution in [0.5, 0.6) is 0 Å². The topological polar surface area (TPSA) is 60.7 Å². The SMILES string of the molecule is CC1(O)C=C(CCCc2ccccc2)C(O)C(O)C1. The van der Waals surface area contributed by atoms with Gasteiger partial charge in [-0.1, -0.05) is 36.4 Å². The van der Waals surface area contributed by atoms with Crippen molar-refractivity contribution >= 4 is 0 Å². The minimum absolute atomic E-state index is 0.191. The van der Waals surface area contributed by atoms with Crippen molar-refractivity contribution in [3.63, 3.8) is 0 Å². The summed E-state index contributed by atoms with van der Waals surface area (Å²) in [6.07, 6.45) is 2.72. The molecule has 3 N–H and O–H groups in total. The summed E-state index contributed by atoms with van der Waals surface area (Å²) in [6, 6.07) is 10.2. The molecule has 0 aromatic heterocycles. The fourth-order valence-electron chi connectivity index (χ4n) is 2.69. The zero-order chi connectivity index (χ0) is 13.9. The summed E-state index contributed by atoms with van der Waals surface area (Å²) in [5.41, 5.74) is 1.00. The molecule has 0 heterocycles. The third-order valence-corrected chi connectivity index (χ3v) is 3.64. The van der Waals surface area contributed by atoms with Crippen LogP contribution in [0.1, 0.15) is 31.7 Å². The zero-order valence-electron chi connectivity index (χ0n) is 11.3. The van der Waals surface area contributed by atoms with Gasteiger partial charge in [-0.25, -0.2) is 0 Å². The first kappa shape index (κ1) is 14.3. The second-order valence-electron chi connectivity index (χ2n) is 5.63. The van der Waals surface area contributed by atoms with Gasteiger partial charge in [0.15, 0.2) is 0 Å². The molecule has 0 bridgehead atoms. The molecule has 19 heavy (non-hydrogen) atoms. The quantitative estimate of drug-likeness (QED) is 0.725. The lowest BCUT2D eigenvalue weighted by molar-refractivity contribution is -0.0305. The lowest BCUT2D eigenvalue weighted by Crippen LogP contribution is -2.41. The van der Waals surface area contributed by atoms with E-state index in [0.717, 1.165) is 18.4 Å². The lowest BCUT2D eigenvalue weighted by Gasteiger charge is -2.33. The highest BCUT2D eigenvalue weighted by Gasteiger charge is 2.34. The van der Waals surface area contributed by atoms with E-state index in [1.165, 1.54) is 5.56 Å². The molecule has 0 amide bonds. The van der Waals surface area contributed by atoms with E-state index >= 15 is 0 Å². The highest BCUT2D eigenvalue weighted by molar-refractivity contribution is 5.21. The fraction of sp³-hybridized carbons (Fsp3) is 0.500. The van der Waals surface area contributed by atoms with Gasteiger partial charge in [0.25, 0.3) is 0 Å². The van der Waals surface area contributed by atoms with Crippen molar-refractivity contribution in [1.29, 1.82) is 0 Å². The maximum absolute atomic E-state index is 10.0. The van der Waals surface area contributed by atoms with Crippen LogP contribution in [0.4, 0.5) is 0 Å². The van der Waals surface area contributed by atoms with Gasteiger partial charge in [-0.2, -0.15) is 0 Å². The fourth-order valence-corrected chi connectivity index (χ4v) is 2.69. The Balaban J connectivity index is 1.93. The van der Waals surface area contributed by atoms with Crippen LogP contribution in [-0.2, 0) is 6.42 Å². The molecule has 0 spiro atoms. The molecular weight excluding hydrogens is 240 g/mol. The van der Waals surface area contributed by atoms with E-state index in [0.29, 0.717) is 6.42 Å². The number of aliphatic hydroxyl groups is 3. The van der Waals surface area contributed by atoms with Crippen molar-refractivity contribution < 1.29 is 15.3 Å². The maximum atomic E-state index is 10.0. The molecule has 0 aliphatic heterocycles. The van der Waals surface area contributed by atoms with Crippen molar-refractivity contribution in [1.82, 2.24) is 0 Å². The summed E-state index contributed by atoms with van der Waals surface area (Å²) in [4.78, 5) is 0. The largest absolute Gasteiger partial charge is 0.390 e. The van der Waals surface area contributed by atoms with Crippen molar-refractivity contribution in [3.8, 4) is 0 Å². The molecule has 3 nitrogen and oxygen atoms in total. The van der Waals surface area contributed by atoms with Crippen LogP contribution >= 0.6 is 0 Å². The molecule has 3 unspecified atom stereocenters. The Morgan fingerprint density at radius 2 is 1.84 bits per heavy atom. The first-order valence-corrected chi connectivity index (χ1v) is 6.82. The molecule has 2 rings (SSSR count). The summed E-state index contributed by atoms with van der Waals surface area (Å²) in [6.45, 7) is 1.67. The molecule has 1 aliphatic rings. The summed E-state index contributed by atoms with van der Waals surface area (Å²) < 4.78 is 0. The number of aliphatic hydroxyl groups excluding tert-OH is 2. The summed E-state index contributed by atoms with van der Waals surface area (Å²) in [5, 5.41) is 29.7. The van der Waals surface area contributed by atoms with Crippen LogP contribution in [0.3, 0.4) is 0 Å². The van der Waals surface area contributed by atoms with Crippen molar-refractivity contribution in [2.45, 2.75) is 50.4 Å². The molecule has 1 aliphatic carbocycles. The van der Waals surface area contributed by atoms with Crippen LogP contribution < -0.4 is 0 Å². The van der Waals surface area contributed by atoms with E-state index in [1.54, 1.807) is 13.0 Å². The van der Waals surface area contributed by atoms with Crippen molar-refractivity contribution in [2.75, 3.05) is 0 Å². The Labute approximate surface area is 114 Å². The van der Waals surface area contributed by atoms with Crippen LogP contribution in [0.15, 0.2) is 42.0 Å². The third-order valence-electron chi connectivity index (χ3n) is 3.64. The Bertz CT molecular complexity index is 437. The van der Waals surface area contributed by atoms with E-state index in [1.807, 2.05) is 18.2 Å². The Kier molecular flexibility index (Phi) is 4.40. The standard InChI is InChI=1S/C16H22O3/c1-16(19)10-13(15(18)14(17)11-16)9-5-8-12-6-3-2-4-7-12/h2-4,6-7,10,14-15,17-19H,5,8-9,11H2,1H3. The van der Waals surface area contributed by atoms with E-state index in [4.69, 9.17) is 0 Å². The summed E-state index contributed by atoms with van der Waals surface area (Å²) in [7, 11) is 0. The van der Waals surface area contributed by atoms with Crippen LogP contribution in [-0.4, -0.2) is 33.1 Å². The molecule has 1 aromatic carbocycles. The minimum atomic E-state index is -1.01. The first-order valence-electron chi connectivity index (χ1n) is 6.82. The van der Waals surface area contributed by atoms with Crippen molar-refractivity contribution in [3.05, 3.63) is 47.5 Å².